The van der Waals surface area contributed by atoms with Crippen molar-refractivity contribution in [1.29, 1.82) is 0 Å². The number of imide groups is 1. The molecule has 2 saturated heterocycles. The molecule has 0 aliphatic carbocycles. The van der Waals surface area contributed by atoms with E-state index in [0.29, 0.717) is 31.5 Å². The summed E-state index contributed by atoms with van der Waals surface area (Å²) in [5.41, 5.74) is -0.739. The molecule has 106 valence electrons. The molecule has 2 aliphatic rings. The van der Waals surface area contributed by atoms with Gasteiger partial charge in [0.15, 0.2) is 5.60 Å². The van der Waals surface area contributed by atoms with Gasteiger partial charge in [-0.2, -0.15) is 0 Å². The minimum absolute atomic E-state index is 0.0838. The summed E-state index contributed by atoms with van der Waals surface area (Å²) < 4.78 is 18.9. The first-order valence-corrected chi connectivity index (χ1v) is 6.61. The van der Waals surface area contributed by atoms with Crippen LogP contribution in [0.1, 0.15) is 18.4 Å². The molecule has 1 aromatic carbocycles. The Bertz CT molecular complexity index is 555. The summed E-state index contributed by atoms with van der Waals surface area (Å²) in [6, 6.07) is 6.10. The second-order valence-electron chi connectivity index (χ2n) is 5.09. The van der Waals surface area contributed by atoms with E-state index in [1.54, 1.807) is 18.2 Å². The van der Waals surface area contributed by atoms with E-state index in [9.17, 15) is 14.0 Å². The number of ether oxygens (including phenoxy) is 1. The average molecular weight is 278 g/mol. The summed E-state index contributed by atoms with van der Waals surface area (Å²) in [6.07, 6.45) is 0.247. The molecule has 3 rings (SSSR count). The number of hydrogen-bond donors (Lipinski definition) is 1. The summed E-state index contributed by atoms with van der Waals surface area (Å²) in [6.45, 7) is 1.18. The first-order valence-electron chi connectivity index (χ1n) is 6.61. The standard InChI is InChI=1S/C14H15FN2O3/c15-11-4-2-1-3-10(11)9-17-12(18)14(20-13(17)19)5-7-16-8-6-14/h1-4,16H,5-9H2. The molecule has 1 aromatic rings. The Morgan fingerprint density at radius 1 is 1.25 bits per heavy atom. The van der Waals surface area contributed by atoms with Gasteiger partial charge in [0.25, 0.3) is 5.91 Å². The second kappa shape index (κ2) is 4.86. The highest BCUT2D eigenvalue weighted by molar-refractivity contribution is 6.02. The van der Waals surface area contributed by atoms with Crippen LogP contribution in [-0.4, -0.2) is 35.6 Å². The van der Waals surface area contributed by atoms with E-state index in [1.165, 1.54) is 6.07 Å². The van der Waals surface area contributed by atoms with Gasteiger partial charge in [0, 0.05) is 18.4 Å². The highest BCUT2D eigenvalue weighted by Gasteiger charge is 2.54. The van der Waals surface area contributed by atoms with Gasteiger partial charge in [-0.3, -0.25) is 4.79 Å². The smallest absolute Gasteiger partial charge is 0.418 e. The SMILES string of the molecule is O=C1OC2(CCNCC2)C(=O)N1Cc1ccccc1F. The number of piperidine rings is 1. The third-order valence-corrected chi connectivity index (χ3v) is 3.84. The van der Waals surface area contributed by atoms with E-state index in [-0.39, 0.29) is 12.5 Å². The molecule has 0 bridgehead atoms. The number of rotatable bonds is 2. The number of carbonyl (C=O) groups is 2. The van der Waals surface area contributed by atoms with Crippen molar-refractivity contribution in [2.45, 2.75) is 25.0 Å². The van der Waals surface area contributed by atoms with E-state index < -0.39 is 17.5 Å². The van der Waals surface area contributed by atoms with Crippen LogP contribution in [0.25, 0.3) is 0 Å². The molecule has 20 heavy (non-hydrogen) atoms. The van der Waals surface area contributed by atoms with Crippen molar-refractivity contribution >= 4 is 12.0 Å². The van der Waals surface area contributed by atoms with Crippen molar-refractivity contribution in [2.24, 2.45) is 0 Å². The summed E-state index contributed by atoms with van der Waals surface area (Å²) in [5, 5.41) is 3.12. The molecule has 2 amide bonds. The van der Waals surface area contributed by atoms with Gasteiger partial charge in [0.2, 0.25) is 0 Å². The highest BCUT2D eigenvalue weighted by Crippen LogP contribution is 2.33. The predicted molar refractivity (Wildman–Crippen MR) is 68.3 cm³/mol. The maximum atomic E-state index is 13.6. The molecule has 2 fully saturated rings. The first-order chi connectivity index (χ1) is 9.62. The van der Waals surface area contributed by atoms with Crippen LogP contribution < -0.4 is 5.32 Å². The van der Waals surface area contributed by atoms with Crippen molar-refractivity contribution in [3.63, 3.8) is 0 Å². The van der Waals surface area contributed by atoms with Crippen LogP contribution in [0.2, 0.25) is 0 Å². The van der Waals surface area contributed by atoms with Gasteiger partial charge in [-0.15, -0.1) is 0 Å². The van der Waals surface area contributed by atoms with Gasteiger partial charge in [0.05, 0.1) is 6.54 Å². The molecule has 6 heteroatoms. The Morgan fingerprint density at radius 3 is 2.65 bits per heavy atom. The van der Waals surface area contributed by atoms with Gasteiger partial charge in [-0.25, -0.2) is 14.1 Å². The maximum absolute atomic E-state index is 13.6. The zero-order chi connectivity index (χ0) is 14.2. The number of nitrogens with one attached hydrogen (secondary N) is 1. The van der Waals surface area contributed by atoms with Crippen LogP contribution in [0.3, 0.4) is 0 Å². The molecule has 1 N–H and O–H groups in total. The topological polar surface area (TPSA) is 58.6 Å². The van der Waals surface area contributed by atoms with E-state index in [1.807, 2.05) is 0 Å². The average Bonchev–Trinajstić information content (AvgIpc) is 2.66. The lowest BCUT2D eigenvalue weighted by atomic mass is 9.91. The Balaban J connectivity index is 1.82. The Morgan fingerprint density at radius 2 is 1.95 bits per heavy atom. The van der Waals surface area contributed by atoms with Gasteiger partial charge in [-0.05, 0) is 19.2 Å². The summed E-state index contributed by atoms with van der Waals surface area (Å²) in [7, 11) is 0. The second-order valence-corrected chi connectivity index (χ2v) is 5.09. The summed E-state index contributed by atoms with van der Waals surface area (Å²) >= 11 is 0. The summed E-state index contributed by atoms with van der Waals surface area (Å²) in [5.74, 6) is -0.786. The zero-order valence-corrected chi connectivity index (χ0v) is 10.9. The fourth-order valence-corrected chi connectivity index (χ4v) is 2.67. The van der Waals surface area contributed by atoms with Crippen LogP contribution in [0, 0.1) is 5.82 Å². The number of benzene rings is 1. The van der Waals surface area contributed by atoms with E-state index in [2.05, 4.69) is 5.32 Å². The third kappa shape index (κ3) is 2.06. The van der Waals surface area contributed by atoms with Crippen molar-refractivity contribution in [1.82, 2.24) is 10.2 Å². The molecule has 0 saturated carbocycles. The lowest BCUT2D eigenvalue weighted by molar-refractivity contribution is -0.139. The van der Waals surface area contributed by atoms with Crippen LogP contribution >= 0.6 is 0 Å². The number of hydrogen-bond acceptors (Lipinski definition) is 4. The molecule has 2 aliphatic heterocycles. The molecular weight excluding hydrogens is 263 g/mol. The fraction of sp³-hybridized carbons (Fsp3) is 0.429. The van der Waals surface area contributed by atoms with Crippen LogP contribution in [-0.2, 0) is 16.1 Å². The minimum atomic E-state index is -1.05. The van der Waals surface area contributed by atoms with Crippen LogP contribution in [0.4, 0.5) is 9.18 Å². The van der Waals surface area contributed by atoms with Crippen LogP contribution in [0.15, 0.2) is 24.3 Å². The monoisotopic (exact) mass is 278 g/mol. The lowest BCUT2D eigenvalue weighted by Gasteiger charge is -2.29. The van der Waals surface area contributed by atoms with Gasteiger partial charge in [0.1, 0.15) is 5.82 Å². The van der Waals surface area contributed by atoms with Gasteiger partial charge >= 0.3 is 6.09 Å². The fourth-order valence-electron chi connectivity index (χ4n) is 2.67. The quantitative estimate of drug-likeness (QED) is 0.889. The molecule has 0 radical (unpaired) electrons. The Hall–Kier alpha value is -1.95. The Labute approximate surface area is 115 Å². The zero-order valence-electron chi connectivity index (χ0n) is 10.9. The van der Waals surface area contributed by atoms with Crippen molar-refractivity contribution in [2.75, 3.05) is 13.1 Å². The predicted octanol–water partition coefficient (Wildman–Crippen LogP) is 1.43. The highest BCUT2D eigenvalue weighted by atomic mass is 19.1. The van der Waals surface area contributed by atoms with Crippen molar-refractivity contribution in [3.05, 3.63) is 35.6 Å². The number of carbonyl (C=O) groups excluding carboxylic acids is 2. The molecular formula is C14H15FN2O3. The number of amides is 2. The first kappa shape index (κ1) is 13.1. The normalized spacial score (nSPS) is 21.4. The Kier molecular flexibility index (Phi) is 3.17. The number of nitrogens with zero attached hydrogens (tertiary/aromatic N) is 1. The van der Waals surface area contributed by atoms with E-state index >= 15 is 0 Å². The van der Waals surface area contributed by atoms with Crippen molar-refractivity contribution < 1.29 is 18.7 Å². The largest absolute Gasteiger partial charge is 0.432 e. The van der Waals surface area contributed by atoms with Crippen LogP contribution in [0.5, 0.6) is 0 Å². The molecule has 0 unspecified atom stereocenters. The van der Waals surface area contributed by atoms with Crippen molar-refractivity contribution in [3.8, 4) is 0 Å². The van der Waals surface area contributed by atoms with E-state index in [0.717, 1.165) is 4.90 Å². The number of halogens is 1. The maximum Gasteiger partial charge on any atom is 0.418 e. The third-order valence-electron chi connectivity index (χ3n) is 3.84. The summed E-state index contributed by atoms with van der Waals surface area (Å²) in [4.78, 5) is 25.4. The lowest BCUT2D eigenvalue weighted by Crippen LogP contribution is -2.48. The molecule has 2 heterocycles. The van der Waals surface area contributed by atoms with Gasteiger partial charge in [-0.1, -0.05) is 18.2 Å². The minimum Gasteiger partial charge on any atom is -0.432 e. The molecule has 1 spiro atoms. The molecule has 5 nitrogen and oxygen atoms in total. The molecule has 0 atom stereocenters. The van der Waals surface area contributed by atoms with E-state index in [4.69, 9.17) is 4.74 Å². The molecule has 0 aromatic heterocycles. The van der Waals surface area contributed by atoms with Gasteiger partial charge < -0.3 is 10.1 Å².